The number of hydrogen-bond donors (Lipinski definition) is 2. The van der Waals surface area contributed by atoms with Gasteiger partial charge in [0.25, 0.3) is 11.5 Å². The van der Waals surface area contributed by atoms with Gasteiger partial charge in [-0.05, 0) is 24.3 Å². The standard InChI is InChI=1S/C23H25FN4O3/c24-20-7-2-1-5-18(20)16-28-21-17(6-3-8-25-21)15-19(23(28)30)22(29)26-9-4-10-27-11-13-31-14-12-27/h1-3,5-8,15H,4,9-14,16H2,(H,26,29)/p+1. The molecule has 0 spiro atoms. The molecular formula is C23H26FN4O3+. The topological polar surface area (TPSA) is 77.7 Å². The summed E-state index contributed by atoms with van der Waals surface area (Å²) in [5.74, 6) is -0.825. The largest absolute Gasteiger partial charge is 0.370 e. The number of nitrogens with one attached hydrogen (secondary N) is 2. The third-order valence-corrected chi connectivity index (χ3v) is 5.57. The molecule has 8 heteroatoms. The van der Waals surface area contributed by atoms with E-state index in [4.69, 9.17) is 4.74 Å². The van der Waals surface area contributed by atoms with Crippen LogP contribution in [0.15, 0.2) is 53.5 Å². The van der Waals surface area contributed by atoms with E-state index in [1.54, 1.807) is 42.6 Å². The van der Waals surface area contributed by atoms with E-state index in [1.165, 1.54) is 15.5 Å². The minimum atomic E-state index is -0.481. The molecule has 0 unspecified atom stereocenters. The van der Waals surface area contributed by atoms with E-state index in [2.05, 4.69) is 10.3 Å². The van der Waals surface area contributed by atoms with Gasteiger partial charge in [-0.3, -0.25) is 14.2 Å². The molecule has 3 heterocycles. The van der Waals surface area contributed by atoms with Gasteiger partial charge >= 0.3 is 0 Å². The monoisotopic (exact) mass is 425 g/mol. The van der Waals surface area contributed by atoms with Crippen molar-refractivity contribution in [2.75, 3.05) is 39.4 Å². The maximum atomic E-state index is 14.2. The molecule has 1 saturated heterocycles. The summed E-state index contributed by atoms with van der Waals surface area (Å²) in [7, 11) is 0. The van der Waals surface area contributed by atoms with Crippen molar-refractivity contribution in [3.8, 4) is 0 Å². The lowest BCUT2D eigenvalue weighted by molar-refractivity contribution is -0.908. The molecular weight excluding hydrogens is 399 g/mol. The number of pyridine rings is 2. The van der Waals surface area contributed by atoms with E-state index in [0.29, 0.717) is 23.1 Å². The van der Waals surface area contributed by atoms with Crippen molar-refractivity contribution >= 4 is 16.9 Å². The molecule has 3 aromatic rings. The molecule has 31 heavy (non-hydrogen) atoms. The number of carbonyl (C=O) groups excluding carboxylic acids is 1. The Morgan fingerprint density at radius 3 is 2.81 bits per heavy atom. The van der Waals surface area contributed by atoms with E-state index >= 15 is 0 Å². The van der Waals surface area contributed by atoms with Gasteiger partial charge in [-0.15, -0.1) is 0 Å². The number of aromatic nitrogens is 2. The van der Waals surface area contributed by atoms with Gasteiger partial charge in [0.1, 0.15) is 30.1 Å². The number of hydrogen-bond acceptors (Lipinski definition) is 4. The molecule has 1 aromatic carbocycles. The summed E-state index contributed by atoms with van der Waals surface area (Å²) >= 11 is 0. The summed E-state index contributed by atoms with van der Waals surface area (Å²) in [6.07, 6.45) is 2.40. The molecule has 7 nitrogen and oxygen atoms in total. The van der Waals surface area contributed by atoms with Gasteiger partial charge in [-0.1, -0.05) is 18.2 Å². The third-order valence-electron chi connectivity index (χ3n) is 5.57. The van der Waals surface area contributed by atoms with Crippen LogP contribution in [0, 0.1) is 5.82 Å². The van der Waals surface area contributed by atoms with Crippen LogP contribution in [0.4, 0.5) is 4.39 Å². The van der Waals surface area contributed by atoms with E-state index in [9.17, 15) is 14.0 Å². The Morgan fingerprint density at radius 1 is 1.19 bits per heavy atom. The number of amides is 1. The Morgan fingerprint density at radius 2 is 2.00 bits per heavy atom. The minimum absolute atomic E-state index is 0.000527. The smallest absolute Gasteiger partial charge is 0.265 e. The first kappa shape index (κ1) is 21.1. The van der Waals surface area contributed by atoms with Gasteiger partial charge < -0.3 is 15.0 Å². The first-order chi connectivity index (χ1) is 15.1. The average molecular weight is 425 g/mol. The number of morpholine rings is 1. The van der Waals surface area contributed by atoms with Gasteiger partial charge in [-0.25, -0.2) is 9.37 Å². The average Bonchev–Trinajstić information content (AvgIpc) is 2.80. The number of carbonyl (C=O) groups is 1. The molecule has 2 aromatic heterocycles. The second-order valence-corrected chi connectivity index (χ2v) is 7.68. The zero-order valence-electron chi connectivity index (χ0n) is 17.3. The SMILES string of the molecule is O=C(NCCC[NH+]1CCOCC1)c1cc2cccnc2n(Cc2ccccc2F)c1=O. The molecule has 1 aliphatic rings. The number of quaternary nitrogens is 1. The number of ether oxygens (including phenoxy) is 1. The van der Waals surface area contributed by atoms with Crippen molar-refractivity contribution in [3.05, 3.63) is 76.0 Å². The van der Waals surface area contributed by atoms with Crippen molar-refractivity contribution in [2.24, 2.45) is 0 Å². The third kappa shape index (κ3) is 4.98. The molecule has 0 atom stereocenters. The highest BCUT2D eigenvalue weighted by Crippen LogP contribution is 2.14. The van der Waals surface area contributed by atoms with Crippen LogP contribution in [0.2, 0.25) is 0 Å². The molecule has 1 aliphatic heterocycles. The summed E-state index contributed by atoms with van der Waals surface area (Å²) < 4.78 is 20.9. The quantitative estimate of drug-likeness (QED) is 0.544. The molecule has 0 radical (unpaired) electrons. The van der Waals surface area contributed by atoms with Crippen molar-refractivity contribution in [3.63, 3.8) is 0 Å². The predicted molar refractivity (Wildman–Crippen MR) is 115 cm³/mol. The Bertz CT molecular complexity index is 1130. The van der Waals surface area contributed by atoms with Gasteiger partial charge in [0.05, 0.1) is 26.3 Å². The summed E-state index contributed by atoms with van der Waals surface area (Å²) in [4.78, 5) is 31.7. The molecule has 0 aliphatic carbocycles. The summed E-state index contributed by atoms with van der Waals surface area (Å²) in [6, 6.07) is 11.4. The second kappa shape index (κ2) is 9.80. The molecule has 0 bridgehead atoms. The second-order valence-electron chi connectivity index (χ2n) is 7.68. The molecule has 1 amide bonds. The lowest BCUT2D eigenvalue weighted by Gasteiger charge is -2.23. The van der Waals surface area contributed by atoms with Gasteiger partial charge in [-0.2, -0.15) is 0 Å². The maximum absolute atomic E-state index is 14.2. The van der Waals surface area contributed by atoms with Crippen molar-refractivity contribution < 1.29 is 18.8 Å². The number of fused-ring (bicyclic) bond motifs is 1. The molecule has 162 valence electrons. The highest BCUT2D eigenvalue weighted by molar-refractivity contribution is 5.96. The number of nitrogens with zero attached hydrogens (tertiary/aromatic N) is 2. The highest BCUT2D eigenvalue weighted by atomic mass is 19.1. The van der Waals surface area contributed by atoms with Crippen LogP contribution in [-0.4, -0.2) is 54.9 Å². The summed E-state index contributed by atoms with van der Waals surface area (Å²) in [5.41, 5.74) is 0.340. The van der Waals surface area contributed by atoms with Crippen molar-refractivity contribution in [1.29, 1.82) is 0 Å². The van der Waals surface area contributed by atoms with E-state index in [-0.39, 0.29) is 12.1 Å². The summed E-state index contributed by atoms with van der Waals surface area (Å²) in [6.45, 7) is 4.94. The Balaban J connectivity index is 1.53. The maximum Gasteiger partial charge on any atom is 0.265 e. The Hall–Kier alpha value is -3.10. The van der Waals surface area contributed by atoms with E-state index < -0.39 is 17.3 Å². The number of benzene rings is 1. The molecule has 4 rings (SSSR count). The van der Waals surface area contributed by atoms with Crippen LogP contribution >= 0.6 is 0 Å². The number of rotatable bonds is 7. The van der Waals surface area contributed by atoms with Crippen molar-refractivity contribution in [2.45, 2.75) is 13.0 Å². The zero-order chi connectivity index (χ0) is 21.6. The van der Waals surface area contributed by atoms with Crippen LogP contribution in [0.1, 0.15) is 22.3 Å². The lowest BCUT2D eigenvalue weighted by Crippen LogP contribution is -3.14. The normalized spacial score (nSPS) is 14.6. The fourth-order valence-electron chi connectivity index (χ4n) is 3.86. The lowest BCUT2D eigenvalue weighted by atomic mass is 10.1. The fourth-order valence-corrected chi connectivity index (χ4v) is 3.86. The Labute approximate surface area is 179 Å². The first-order valence-corrected chi connectivity index (χ1v) is 10.5. The van der Waals surface area contributed by atoms with Crippen LogP contribution in [0.25, 0.3) is 11.0 Å². The van der Waals surface area contributed by atoms with Gasteiger partial charge in [0, 0.05) is 30.1 Å². The zero-order valence-corrected chi connectivity index (χ0v) is 17.3. The van der Waals surface area contributed by atoms with Gasteiger partial charge in [0.15, 0.2) is 0 Å². The van der Waals surface area contributed by atoms with Gasteiger partial charge in [0.2, 0.25) is 0 Å². The fraction of sp³-hybridized carbons (Fsp3) is 0.348. The van der Waals surface area contributed by atoms with Crippen LogP contribution in [0.3, 0.4) is 0 Å². The molecule has 0 saturated carbocycles. The van der Waals surface area contributed by atoms with Crippen LogP contribution in [-0.2, 0) is 11.3 Å². The predicted octanol–water partition coefficient (Wildman–Crippen LogP) is 0.619. The number of halogens is 1. The Kier molecular flexibility index (Phi) is 6.69. The van der Waals surface area contributed by atoms with Crippen molar-refractivity contribution in [1.82, 2.24) is 14.9 Å². The van der Waals surface area contributed by atoms with E-state index in [0.717, 1.165) is 39.3 Å². The minimum Gasteiger partial charge on any atom is -0.370 e. The van der Waals surface area contributed by atoms with Crippen LogP contribution < -0.4 is 15.8 Å². The first-order valence-electron chi connectivity index (χ1n) is 10.5. The highest BCUT2D eigenvalue weighted by Gasteiger charge is 2.18. The molecule has 1 fully saturated rings. The molecule has 2 N–H and O–H groups in total. The van der Waals surface area contributed by atoms with E-state index in [1.807, 2.05) is 0 Å². The summed E-state index contributed by atoms with van der Waals surface area (Å²) in [5, 5.41) is 3.51. The van der Waals surface area contributed by atoms with Crippen LogP contribution in [0.5, 0.6) is 0 Å².